The van der Waals surface area contributed by atoms with Crippen LogP contribution < -0.4 is 5.32 Å². The first-order valence-corrected chi connectivity index (χ1v) is 8.19. The number of ether oxygens (including phenoxy) is 2. The highest BCUT2D eigenvalue weighted by atomic mass is 79.9. The maximum atomic E-state index is 5.99. The summed E-state index contributed by atoms with van der Waals surface area (Å²) in [5.74, 6) is 0. The third-order valence-corrected chi connectivity index (χ3v) is 4.94. The zero-order valence-electron chi connectivity index (χ0n) is 11.9. The molecule has 0 saturated carbocycles. The molecule has 4 heteroatoms. The van der Waals surface area contributed by atoms with Gasteiger partial charge in [-0.15, -0.1) is 0 Å². The molecule has 1 N–H and O–H groups in total. The van der Waals surface area contributed by atoms with E-state index in [2.05, 4.69) is 52.4 Å². The predicted molar refractivity (Wildman–Crippen MR) is 82.8 cm³/mol. The molecule has 0 radical (unpaired) electrons. The summed E-state index contributed by atoms with van der Waals surface area (Å²) >= 11 is 3.48. The molecule has 0 aromatic heterocycles. The fourth-order valence-corrected chi connectivity index (χ4v) is 3.50. The molecule has 2 saturated heterocycles. The first-order valence-electron chi connectivity index (χ1n) is 7.40. The lowest BCUT2D eigenvalue weighted by atomic mass is 9.89. The normalized spacial score (nSPS) is 31.6. The molecule has 0 amide bonds. The molecule has 3 nitrogen and oxygen atoms in total. The molecule has 2 aliphatic rings. The molecule has 1 aromatic rings. The summed E-state index contributed by atoms with van der Waals surface area (Å²) in [5.41, 5.74) is 1.31. The molecule has 2 aliphatic heterocycles. The van der Waals surface area contributed by atoms with Gasteiger partial charge in [0.25, 0.3) is 0 Å². The van der Waals surface area contributed by atoms with Gasteiger partial charge in [-0.3, -0.25) is 0 Å². The van der Waals surface area contributed by atoms with Gasteiger partial charge in [0.2, 0.25) is 0 Å². The van der Waals surface area contributed by atoms with Crippen LogP contribution in [0.5, 0.6) is 0 Å². The largest absolute Gasteiger partial charge is 0.378 e. The minimum absolute atomic E-state index is 0.0185. The van der Waals surface area contributed by atoms with E-state index in [0.717, 1.165) is 43.6 Å². The molecular weight excluding hydrogens is 318 g/mol. The molecule has 2 heterocycles. The summed E-state index contributed by atoms with van der Waals surface area (Å²) in [4.78, 5) is 0. The molecule has 20 heavy (non-hydrogen) atoms. The minimum atomic E-state index is -0.0185. The Morgan fingerprint density at radius 3 is 2.80 bits per heavy atom. The van der Waals surface area contributed by atoms with Crippen molar-refractivity contribution in [1.82, 2.24) is 5.32 Å². The first-order chi connectivity index (χ1) is 9.67. The second-order valence-corrected chi connectivity index (χ2v) is 6.88. The maximum Gasteiger partial charge on any atom is 0.0951 e. The third kappa shape index (κ3) is 3.25. The van der Waals surface area contributed by atoms with Crippen LogP contribution in [0.1, 0.15) is 37.8 Å². The summed E-state index contributed by atoms with van der Waals surface area (Å²) in [5, 5.41) is 3.75. The van der Waals surface area contributed by atoms with Crippen LogP contribution in [0, 0.1) is 0 Å². The summed E-state index contributed by atoms with van der Waals surface area (Å²) in [6.07, 6.45) is 3.19. The average molecular weight is 340 g/mol. The minimum Gasteiger partial charge on any atom is -0.378 e. The van der Waals surface area contributed by atoms with Crippen molar-refractivity contribution in [2.75, 3.05) is 19.8 Å². The second-order valence-electron chi connectivity index (χ2n) is 5.96. The second kappa shape index (κ2) is 6.14. The molecule has 3 atom stereocenters. The summed E-state index contributed by atoms with van der Waals surface area (Å²) in [7, 11) is 0. The van der Waals surface area contributed by atoms with Gasteiger partial charge in [0, 0.05) is 36.2 Å². The van der Waals surface area contributed by atoms with Crippen LogP contribution in [-0.4, -0.2) is 31.5 Å². The Labute approximate surface area is 129 Å². The van der Waals surface area contributed by atoms with E-state index in [-0.39, 0.29) is 5.60 Å². The van der Waals surface area contributed by atoms with E-state index in [0.29, 0.717) is 12.1 Å². The van der Waals surface area contributed by atoms with Crippen LogP contribution in [-0.2, 0) is 9.47 Å². The predicted octanol–water partition coefficient (Wildman–Crippen LogP) is 3.44. The van der Waals surface area contributed by atoms with E-state index in [9.17, 15) is 0 Å². The van der Waals surface area contributed by atoms with E-state index < -0.39 is 0 Å². The SMILES string of the molecule is C[C@H](NC1CCOC2(CCOC2)C1)c1ccc(Br)cc1. The first kappa shape index (κ1) is 14.5. The van der Waals surface area contributed by atoms with Crippen molar-refractivity contribution in [3.05, 3.63) is 34.3 Å². The van der Waals surface area contributed by atoms with E-state index in [4.69, 9.17) is 9.47 Å². The molecule has 1 spiro atoms. The highest BCUT2D eigenvalue weighted by Gasteiger charge is 2.41. The summed E-state index contributed by atoms with van der Waals surface area (Å²) in [6, 6.07) is 9.44. The van der Waals surface area contributed by atoms with Crippen LogP contribution in [0.15, 0.2) is 28.7 Å². The Bertz CT molecular complexity index is 442. The van der Waals surface area contributed by atoms with Gasteiger partial charge in [-0.2, -0.15) is 0 Å². The van der Waals surface area contributed by atoms with Crippen molar-refractivity contribution in [3.63, 3.8) is 0 Å². The zero-order valence-corrected chi connectivity index (χ0v) is 13.5. The number of hydrogen-bond donors (Lipinski definition) is 1. The highest BCUT2D eigenvalue weighted by Crippen LogP contribution is 2.33. The molecule has 0 bridgehead atoms. The Kier molecular flexibility index (Phi) is 4.46. The number of benzene rings is 1. The monoisotopic (exact) mass is 339 g/mol. The van der Waals surface area contributed by atoms with Crippen molar-refractivity contribution >= 4 is 15.9 Å². The van der Waals surface area contributed by atoms with Crippen LogP contribution in [0.4, 0.5) is 0 Å². The maximum absolute atomic E-state index is 5.99. The molecule has 2 fully saturated rings. The molecule has 2 unspecified atom stereocenters. The van der Waals surface area contributed by atoms with Crippen LogP contribution >= 0.6 is 15.9 Å². The van der Waals surface area contributed by atoms with Gasteiger partial charge in [0.05, 0.1) is 12.2 Å². The average Bonchev–Trinajstić information content (AvgIpc) is 2.87. The number of rotatable bonds is 3. The lowest BCUT2D eigenvalue weighted by Crippen LogP contribution is -2.48. The summed E-state index contributed by atoms with van der Waals surface area (Å²) < 4.78 is 12.6. The Morgan fingerprint density at radius 2 is 2.10 bits per heavy atom. The number of hydrogen-bond acceptors (Lipinski definition) is 3. The molecular formula is C16H22BrNO2. The van der Waals surface area contributed by atoms with Crippen LogP contribution in [0.25, 0.3) is 0 Å². The molecule has 110 valence electrons. The smallest absolute Gasteiger partial charge is 0.0951 e. The van der Waals surface area contributed by atoms with E-state index >= 15 is 0 Å². The van der Waals surface area contributed by atoms with Crippen LogP contribution in [0.2, 0.25) is 0 Å². The fraction of sp³-hybridized carbons (Fsp3) is 0.625. The van der Waals surface area contributed by atoms with Gasteiger partial charge >= 0.3 is 0 Å². The van der Waals surface area contributed by atoms with E-state index in [1.165, 1.54) is 5.56 Å². The van der Waals surface area contributed by atoms with E-state index in [1.807, 2.05) is 0 Å². The highest BCUT2D eigenvalue weighted by molar-refractivity contribution is 9.10. The quantitative estimate of drug-likeness (QED) is 0.914. The van der Waals surface area contributed by atoms with Crippen molar-refractivity contribution in [3.8, 4) is 0 Å². The van der Waals surface area contributed by atoms with E-state index in [1.54, 1.807) is 0 Å². The standard InChI is InChI=1S/C16H22BrNO2/c1-12(13-2-4-14(17)5-3-13)18-15-6-8-20-16(10-15)7-9-19-11-16/h2-5,12,15,18H,6-11H2,1H3/t12-,15?,16?/m0/s1. The van der Waals surface area contributed by atoms with Gasteiger partial charge in [-0.25, -0.2) is 0 Å². The van der Waals surface area contributed by atoms with Crippen LogP contribution in [0.3, 0.4) is 0 Å². The molecule has 0 aliphatic carbocycles. The molecule has 3 rings (SSSR count). The summed E-state index contributed by atoms with van der Waals surface area (Å²) in [6.45, 7) is 4.68. The van der Waals surface area contributed by atoms with Crippen molar-refractivity contribution in [2.24, 2.45) is 0 Å². The van der Waals surface area contributed by atoms with Crippen molar-refractivity contribution < 1.29 is 9.47 Å². The number of nitrogens with one attached hydrogen (secondary N) is 1. The molecule has 1 aromatic carbocycles. The van der Waals surface area contributed by atoms with Crippen molar-refractivity contribution in [2.45, 2.75) is 43.9 Å². The zero-order chi connectivity index (χ0) is 14.0. The van der Waals surface area contributed by atoms with Gasteiger partial charge in [-0.1, -0.05) is 28.1 Å². The van der Waals surface area contributed by atoms with Gasteiger partial charge in [-0.05, 0) is 37.5 Å². The Hall–Kier alpha value is -0.420. The number of halogens is 1. The third-order valence-electron chi connectivity index (χ3n) is 4.42. The van der Waals surface area contributed by atoms with Gasteiger partial charge in [0.1, 0.15) is 0 Å². The van der Waals surface area contributed by atoms with Gasteiger partial charge < -0.3 is 14.8 Å². The Morgan fingerprint density at radius 1 is 1.30 bits per heavy atom. The fourth-order valence-electron chi connectivity index (χ4n) is 3.23. The van der Waals surface area contributed by atoms with Crippen molar-refractivity contribution in [1.29, 1.82) is 0 Å². The topological polar surface area (TPSA) is 30.5 Å². The van der Waals surface area contributed by atoms with Gasteiger partial charge in [0.15, 0.2) is 0 Å². The lowest BCUT2D eigenvalue weighted by molar-refractivity contribution is -0.0902. The Balaban J connectivity index is 1.60. The lowest BCUT2D eigenvalue weighted by Gasteiger charge is -2.38.